The molecule has 0 spiro atoms. The molecule has 0 heterocycles. The van der Waals surface area contributed by atoms with Crippen LogP contribution in [0.3, 0.4) is 0 Å². The SMILES string of the molecule is CC(C)COC(=O)OCCCC(=O)O.CC(C)OC(=O)OCCCC(=O)O.CC(C)c1ccc(CC(=O)OCCCC(=O)O)cc1.CCCCOc1ccc(C(=O)OCCCC(=O)O)cc1.CCOC(=O)OCCCC(=O)O.Cc1ccc(OC(=O)OCCCC(=O)O)cc1.O=C(O)CCCOC(=O)OCc1ccccc1.O=C(O)CCCOC(=O)Oc1ccc(Cl)cc1.O=C(O)CCCOC(=O)Oc1ccccc1. The first-order valence-corrected chi connectivity index (χ1v) is 46.0. The Kier molecular flexibility index (Phi) is 80.6. The van der Waals surface area contributed by atoms with Crippen LogP contribution in [0.5, 0.6) is 23.0 Å². The summed E-state index contributed by atoms with van der Waals surface area (Å²) in [5.41, 5.74) is 4.51. The van der Waals surface area contributed by atoms with E-state index in [1.54, 1.807) is 99.6 Å². The number of carboxylic acid groups (broad SMARTS) is 9. The van der Waals surface area contributed by atoms with E-state index >= 15 is 0 Å². The third-order valence-corrected chi connectivity index (χ3v) is 16.5. The third kappa shape index (κ3) is 92.0. The van der Waals surface area contributed by atoms with Crippen LogP contribution in [0.15, 0.2) is 158 Å². The van der Waals surface area contributed by atoms with Gasteiger partial charge in [0.25, 0.3) is 0 Å². The number of aliphatic carboxylic acids is 9. The molecule has 0 fully saturated rings. The Balaban J connectivity index is -0.00000157. The van der Waals surface area contributed by atoms with Gasteiger partial charge in [-0.05, 0) is 193 Å². The molecule has 45 heteroatoms. The largest absolute Gasteiger partial charge is 0.513 e. The van der Waals surface area contributed by atoms with Crippen molar-refractivity contribution in [2.75, 3.05) is 79.3 Å². The molecule has 145 heavy (non-hydrogen) atoms. The lowest BCUT2D eigenvalue weighted by Gasteiger charge is -2.07. The molecule has 9 N–H and O–H groups in total. The van der Waals surface area contributed by atoms with Crippen molar-refractivity contribution in [3.8, 4) is 23.0 Å². The van der Waals surface area contributed by atoms with Crippen molar-refractivity contribution in [3.63, 3.8) is 0 Å². The number of unbranched alkanes of at least 4 members (excludes halogenated alkanes) is 1. The Morgan fingerprint density at radius 1 is 0.297 bits per heavy atom. The number of benzene rings is 6. The van der Waals surface area contributed by atoms with Crippen LogP contribution in [0.25, 0.3) is 0 Å². The van der Waals surface area contributed by atoms with Gasteiger partial charge in [-0.3, -0.25) is 47.9 Å². The molecular weight excluding hydrogens is 1940 g/mol. The number of carboxylic acids is 9. The monoisotopic (exact) mass is 2070 g/mol. The maximum atomic E-state index is 11.7. The van der Waals surface area contributed by atoms with Crippen molar-refractivity contribution in [3.05, 3.63) is 191 Å². The third-order valence-electron chi connectivity index (χ3n) is 16.2. The van der Waals surface area contributed by atoms with Crippen molar-refractivity contribution < 1.29 is 213 Å². The van der Waals surface area contributed by atoms with Crippen molar-refractivity contribution in [2.45, 2.75) is 216 Å². The maximum absolute atomic E-state index is 11.7. The summed E-state index contributed by atoms with van der Waals surface area (Å²) in [5, 5.41) is 75.6. The lowest BCUT2D eigenvalue weighted by molar-refractivity contribution is -0.144. The van der Waals surface area contributed by atoms with Gasteiger partial charge >= 0.3 is 109 Å². The number of ether oxygens (including phenoxy) is 17. The Morgan fingerprint density at radius 2 is 0.614 bits per heavy atom. The van der Waals surface area contributed by atoms with Gasteiger partial charge in [-0.25, -0.2) is 38.4 Å². The topological polar surface area (TPSA) is 646 Å². The van der Waals surface area contributed by atoms with Gasteiger partial charge in [0.15, 0.2) is 0 Å². The first kappa shape index (κ1) is 134. The summed E-state index contributed by atoms with van der Waals surface area (Å²) in [4.78, 5) is 191. The first-order chi connectivity index (χ1) is 68.8. The molecule has 6 aromatic carbocycles. The summed E-state index contributed by atoms with van der Waals surface area (Å²) in [5.74, 6) is -6.34. The average molecular weight is 2070 g/mol. The molecule has 0 aliphatic heterocycles. The van der Waals surface area contributed by atoms with Crippen molar-refractivity contribution in [1.82, 2.24) is 0 Å². The molecule has 0 unspecified atom stereocenters. The van der Waals surface area contributed by atoms with E-state index in [1.807, 2.05) is 87.5 Å². The van der Waals surface area contributed by atoms with Crippen molar-refractivity contribution in [1.29, 1.82) is 0 Å². The number of para-hydroxylation sites is 1. The van der Waals surface area contributed by atoms with E-state index in [-0.39, 0.29) is 181 Å². The van der Waals surface area contributed by atoms with E-state index in [9.17, 15) is 86.3 Å². The van der Waals surface area contributed by atoms with Gasteiger partial charge < -0.3 is 126 Å². The first-order valence-electron chi connectivity index (χ1n) is 45.6. The van der Waals surface area contributed by atoms with Crippen LogP contribution in [0.2, 0.25) is 5.02 Å². The summed E-state index contributed by atoms with van der Waals surface area (Å²) >= 11 is 5.65. The van der Waals surface area contributed by atoms with E-state index in [2.05, 4.69) is 58.7 Å². The van der Waals surface area contributed by atoms with E-state index in [0.29, 0.717) is 79.1 Å². The van der Waals surface area contributed by atoms with Gasteiger partial charge in [-0.15, -0.1) is 0 Å². The van der Waals surface area contributed by atoms with E-state index < -0.39 is 103 Å². The molecule has 0 atom stereocenters. The van der Waals surface area contributed by atoms with Gasteiger partial charge in [-0.2, -0.15) is 0 Å². The Hall–Kier alpha value is -15.5. The summed E-state index contributed by atoms with van der Waals surface area (Å²) in [6.07, 6.45) is -0.851. The minimum absolute atomic E-state index is 0.000590. The summed E-state index contributed by atoms with van der Waals surface area (Å²) in [7, 11) is 0. The number of aryl methyl sites for hydroxylation is 1. The van der Waals surface area contributed by atoms with Crippen LogP contribution in [-0.2, 0) is 123 Å². The predicted molar refractivity (Wildman–Crippen MR) is 514 cm³/mol. The number of halogens is 1. The lowest BCUT2D eigenvalue weighted by Crippen LogP contribution is -2.14. The van der Waals surface area contributed by atoms with Crippen LogP contribution in [0.1, 0.15) is 222 Å². The highest BCUT2D eigenvalue weighted by Gasteiger charge is 2.16. The minimum atomic E-state index is -0.931. The predicted octanol–water partition coefficient (Wildman–Crippen LogP) is 19.1. The number of hydrogen-bond donors (Lipinski definition) is 9. The molecule has 0 aliphatic carbocycles. The van der Waals surface area contributed by atoms with Crippen LogP contribution >= 0.6 is 11.6 Å². The fourth-order valence-electron chi connectivity index (χ4n) is 9.19. The number of esters is 2. The highest BCUT2D eigenvalue weighted by atomic mass is 35.5. The quantitative estimate of drug-likeness (QED) is 0.00741. The zero-order valence-electron chi connectivity index (χ0n) is 82.5. The standard InChI is InChI=1S/C15H20O5.C15H20O4.2C12H14O5.C11H11ClO5.C11H12O5.C9H16O5.C8H14O5.C7H12O5/c1-2-3-10-19-13-8-6-12(7-9-13)15(18)20-11-4-5-14(16)17;1-11(2)13-7-5-12(6-8-13)10-15(18)19-9-3-4-14(16)17;1-9-4-6-10(7-5-9)17-12(15)16-8-2-3-11(13)14;13-11(14)7-4-8-16-12(15)17-9-10-5-2-1-3-6-10;12-8-3-5-9(6-4-8)17-11(15)16-7-1-2-10(13)14;12-10(13)7-4-8-15-11(14)16-9-5-2-1-3-6-9;1-7(2)6-14-9(12)13-5-3-4-8(10)11;1-6(2)13-8(11)12-5-3-4-7(9)10;1-2-11-7(10)12-5-3-4-6(8)9/h6-9H,2-5,10-11H2,1H3,(H,16,17);5-8,11H,3-4,9-10H2,1-2H3,(H,16,17);4-7H,2-3,8H2,1H3,(H,13,14);1-3,5-6H,4,7-9H2,(H,13,14);3-6H,1-2,7H2,(H,13,14);1-3,5-6H,4,7-8H2,(H,12,13);7H,3-6H2,1-2H3,(H,10,11);6H,3-5H2,1-2H3,(H,9,10);2-5H2,1H3,(H,8,9). The van der Waals surface area contributed by atoms with Gasteiger partial charge in [-0.1, -0.05) is 143 Å². The Bertz CT molecular complexity index is 4580. The molecule has 804 valence electrons. The van der Waals surface area contributed by atoms with E-state index in [0.717, 1.165) is 35.3 Å². The fourth-order valence-corrected chi connectivity index (χ4v) is 9.31. The second-order valence-corrected chi connectivity index (χ2v) is 30.7. The number of rotatable bonds is 53. The normalized spacial score (nSPS) is 9.80. The highest BCUT2D eigenvalue weighted by Crippen LogP contribution is 2.20. The summed E-state index contributed by atoms with van der Waals surface area (Å²) in [6, 6.07) is 45.5. The zero-order chi connectivity index (χ0) is 109. The molecule has 6 aromatic rings. The van der Waals surface area contributed by atoms with Gasteiger partial charge in [0.1, 0.15) is 29.6 Å². The number of hydrogen-bond acceptors (Lipinski definition) is 35. The minimum Gasteiger partial charge on any atom is -0.494 e. The zero-order valence-corrected chi connectivity index (χ0v) is 83.2. The summed E-state index contributed by atoms with van der Waals surface area (Å²) < 4.78 is 81.0. The molecule has 0 aliphatic rings. The van der Waals surface area contributed by atoms with E-state index in [1.165, 1.54) is 17.7 Å². The van der Waals surface area contributed by atoms with Gasteiger partial charge in [0.2, 0.25) is 0 Å². The molecule has 44 nitrogen and oxygen atoms in total. The maximum Gasteiger partial charge on any atom is 0.513 e. The smallest absolute Gasteiger partial charge is 0.494 e. The highest BCUT2D eigenvalue weighted by molar-refractivity contribution is 6.30. The molecule has 0 radical (unpaired) electrons. The molecule has 0 aromatic heterocycles. The molecule has 0 saturated heterocycles. The van der Waals surface area contributed by atoms with Crippen LogP contribution < -0.4 is 18.9 Å². The van der Waals surface area contributed by atoms with Crippen LogP contribution in [0, 0.1) is 12.8 Å². The Morgan fingerprint density at radius 3 is 0.959 bits per heavy atom. The second-order valence-electron chi connectivity index (χ2n) is 30.3. The van der Waals surface area contributed by atoms with Gasteiger partial charge in [0, 0.05) is 62.8 Å². The number of carbonyl (C=O) groups is 18. The Labute approximate surface area is 843 Å². The fraction of sp³-hybridized carbons (Fsp3) is 0.460. The van der Waals surface area contributed by atoms with Crippen molar-refractivity contribution in [2.24, 2.45) is 5.92 Å². The van der Waals surface area contributed by atoms with E-state index in [4.69, 9.17) is 100 Å². The van der Waals surface area contributed by atoms with Crippen molar-refractivity contribution >= 4 is 120 Å². The lowest BCUT2D eigenvalue weighted by atomic mass is 10.0. The number of carbonyl (C=O) groups excluding carboxylic acids is 9. The van der Waals surface area contributed by atoms with Gasteiger partial charge in [0.05, 0.1) is 97.4 Å². The van der Waals surface area contributed by atoms with Crippen LogP contribution in [-0.4, -0.2) is 240 Å². The average Bonchev–Trinajstić information content (AvgIpc) is 0.888. The summed E-state index contributed by atoms with van der Waals surface area (Å²) in [6.45, 7) is 19.2. The molecular formula is C100H133ClO44. The molecule has 6 rings (SSSR count). The molecule has 0 bridgehead atoms. The molecule has 0 saturated carbocycles. The van der Waals surface area contributed by atoms with Crippen LogP contribution in [0.4, 0.5) is 33.6 Å². The second kappa shape index (κ2) is 87.5. The molecule has 0 amide bonds.